The summed E-state index contributed by atoms with van der Waals surface area (Å²) in [7, 11) is 0. The highest BCUT2D eigenvalue weighted by Crippen LogP contribution is 2.18. The molecule has 0 aliphatic carbocycles. The van der Waals surface area contributed by atoms with Gasteiger partial charge in [0.1, 0.15) is 0 Å². The van der Waals surface area contributed by atoms with E-state index in [-0.39, 0.29) is 6.10 Å². The molecule has 0 aromatic heterocycles. The summed E-state index contributed by atoms with van der Waals surface area (Å²) in [6.45, 7) is 11.3. The van der Waals surface area contributed by atoms with Crippen LogP contribution in [0.25, 0.3) is 0 Å². The van der Waals surface area contributed by atoms with Gasteiger partial charge in [0, 0.05) is 13.2 Å². The molecule has 0 amide bonds. The van der Waals surface area contributed by atoms with Crippen molar-refractivity contribution in [3.63, 3.8) is 0 Å². The van der Waals surface area contributed by atoms with Crippen LogP contribution in [0.2, 0.25) is 0 Å². The SMILES string of the molecule is CCNCC(OCC(C)C)c1ccc(C)cc1. The van der Waals surface area contributed by atoms with Gasteiger partial charge >= 0.3 is 0 Å². The van der Waals surface area contributed by atoms with Crippen molar-refractivity contribution in [2.75, 3.05) is 19.7 Å². The molecule has 0 aliphatic rings. The van der Waals surface area contributed by atoms with Gasteiger partial charge in [-0.3, -0.25) is 0 Å². The fourth-order valence-electron chi connectivity index (χ4n) is 1.64. The van der Waals surface area contributed by atoms with Crippen molar-refractivity contribution in [1.82, 2.24) is 5.32 Å². The number of ether oxygens (including phenoxy) is 1. The number of aryl methyl sites for hydroxylation is 1. The molecule has 2 heteroatoms. The van der Waals surface area contributed by atoms with Gasteiger partial charge in [-0.1, -0.05) is 50.6 Å². The summed E-state index contributed by atoms with van der Waals surface area (Å²) < 4.78 is 5.97. The molecule has 1 unspecified atom stereocenters. The van der Waals surface area contributed by atoms with Gasteiger partial charge in [-0.15, -0.1) is 0 Å². The minimum absolute atomic E-state index is 0.165. The highest BCUT2D eigenvalue weighted by molar-refractivity contribution is 5.23. The van der Waals surface area contributed by atoms with Gasteiger partial charge < -0.3 is 10.1 Å². The molecule has 1 atom stereocenters. The second kappa shape index (κ2) is 7.46. The zero-order chi connectivity index (χ0) is 12.7. The minimum atomic E-state index is 0.165. The fraction of sp³-hybridized carbons (Fsp3) is 0.600. The van der Waals surface area contributed by atoms with Crippen LogP contribution >= 0.6 is 0 Å². The molecule has 2 nitrogen and oxygen atoms in total. The molecule has 17 heavy (non-hydrogen) atoms. The molecule has 0 saturated heterocycles. The summed E-state index contributed by atoms with van der Waals surface area (Å²) in [5.41, 5.74) is 2.55. The maximum atomic E-state index is 5.97. The van der Waals surface area contributed by atoms with E-state index in [1.807, 2.05) is 0 Å². The Kier molecular flexibility index (Phi) is 6.23. The predicted octanol–water partition coefficient (Wildman–Crippen LogP) is 3.32. The van der Waals surface area contributed by atoms with Crippen LogP contribution < -0.4 is 5.32 Å². The van der Waals surface area contributed by atoms with E-state index in [1.165, 1.54) is 11.1 Å². The molecule has 0 bridgehead atoms. The lowest BCUT2D eigenvalue weighted by molar-refractivity contribution is 0.0355. The fourth-order valence-corrected chi connectivity index (χ4v) is 1.64. The van der Waals surface area contributed by atoms with Crippen molar-refractivity contribution in [3.05, 3.63) is 35.4 Å². The smallest absolute Gasteiger partial charge is 0.0949 e. The van der Waals surface area contributed by atoms with E-state index in [0.29, 0.717) is 5.92 Å². The summed E-state index contributed by atoms with van der Waals surface area (Å²) in [5, 5.41) is 3.36. The zero-order valence-electron chi connectivity index (χ0n) is 11.5. The average molecular weight is 235 g/mol. The highest BCUT2D eigenvalue weighted by Gasteiger charge is 2.11. The first-order chi connectivity index (χ1) is 8.13. The lowest BCUT2D eigenvalue weighted by Crippen LogP contribution is -2.24. The molecular formula is C15H25NO. The maximum absolute atomic E-state index is 5.97. The van der Waals surface area contributed by atoms with Gasteiger partial charge in [-0.25, -0.2) is 0 Å². The summed E-state index contributed by atoms with van der Waals surface area (Å²) in [5.74, 6) is 0.574. The Morgan fingerprint density at radius 1 is 1.18 bits per heavy atom. The topological polar surface area (TPSA) is 21.3 Å². The Bertz CT molecular complexity index is 305. The van der Waals surface area contributed by atoms with Crippen LogP contribution in [-0.2, 0) is 4.74 Å². The zero-order valence-corrected chi connectivity index (χ0v) is 11.5. The summed E-state index contributed by atoms with van der Waals surface area (Å²) in [6.07, 6.45) is 0.165. The lowest BCUT2D eigenvalue weighted by atomic mass is 10.1. The first-order valence-corrected chi connectivity index (χ1v) is 6.52. The van der Waals surface area contributed by atoms with Crippen LogP contribution in [0.3, 0.4) is 0 Å². The molecule has 1 N–H and O–H groups in total. The third-order valence-corrected chi connectivity index (χ3v) is 2.66. The van der Waals surface area contributed by atoms with E-state index in [4.69, 9.17) is 4.74 Å². The summed E-state index contributed by atoms with van der Waals surface area (Å²) in [4.78, 5) is 0. The van der Waals surface area contributed by atoms with Gasteiger partial charge in [0.2, 0.25) is 0 Å². The van der Waals surface area contributed by atoms with E-state index < -0.39 is 0 Å². The maximum Gasteiger partial charge on any atom is 0.0949 e. The normalized spacial score (nSPS) is 13.0. The predicted molar refractivity (Wildman–Crippen MR) is 73.3 cm³/mol. The van der Waals surface area contributed by atoms with E-state index in [2.05, 4.69) is 57.3 Å². The van der Waals surface area contributed by atoms with Crippen LogP contribution in [0.4, 0.5) is 0 Å². The quantitative estimate of drug-likeness (QED) is 0.783. The average Bonchev–Trinajstić information content (AvgIpc) is 2.30. The van der Waals surface area contributed by atoms with Crippen LogP contribution in [0.15, 0.2) is 24.3 Å². The van der Waals surface area contributed by atoms with Gasteiger partial charge in [0.05, 0.1) is 6.10 Å². The second-order valence-corrected chi connectivity index (χ2v) is 4.93. The Morgan fingerprint density at radius 2 is 1.82 bits per heavy atom. The van der Waals surface area contributed by atoms with E-state index in [0.717, 1.165) is 19.7 Å². The molecular weight excluding hydrogens is 210 g/mol. The molecule has 0 aliphatic heterocycles. The van der Waals surface area contributed by atoms with Crippen molar-refractivity contribution < 1.29 is 4.74 Å². The monoisotopic (exact) mass is 235 g/mol. The first-order valence-electron chi connectivity index (χ1n) is 6.52. The van der Waals surface area contributed by atoms with Crippen molar-refractivity contribution >= 4 is 0 Å². The number of rotatable bonds is 7. The van der Waals surface area contributed by atoms with Crippen LogP contribution in [-0.4, -0.2) is 19.7 Å². The van der Waals surface area contributed by atoms with E-state index >= 15 is 0 Å². The van der Waals surface area contributed by atoms with Crippen molar-refractivity contribution in [1.29, 1.82) is 0 Å². The largest absolute Gasteiger partial charge is 0.372 e. The van der Waals surface area contributed by atoms with Crippen LogP contribution in [0.5, 0.6) is 0 Å². The summed E-state index contributed by atoms with van der Waals surface area (Å²) >= 11 is 0. The number of nitrogens with one attached hydrogen (secondary N) is 1. The molecule has 0 fully saturated rings. The molecule has 1 aromatic rings. The molecule has 1 aromatic carbocycles. The van der Waals surface area contributed by atoms with Gasteiger partial charge in [-0.2, -0.15) is 0 Å². The van der Waals surface area contributed by atoms with E-state index in [1.54, 1.807) is 0 Å². The molecule has 1 rings (SSSR count). The third kappa shape index (κ3) is 5.33. The molecule has 0 saturated carbocycles. The Labute approximate surface area is 105 Å². The molecule has 0 heterocycles. The number of benzene rings is 1. The first kappa shape index (κ1) is 14.2. The standard InChI is InChI=1S/C15H25NO/c1-5-16-10-15(17-11-12(2)3)14-8-6-13(4)7-9-14/h6-9,12,15-16H,5,10-11H2,1-4H3. The molecule has 0 spiro atoms. The molecule has 0 radical (unpaired) electrons. The Hall–Kier alpha value is -0.860. The van der Waals surface area contributed by atoms with Crippen molar-refractivity contribution in [2.24, 2.45) is 5.92 Å². The van der Waals surface area contributed by atoms with Gasteiger partial charge in [0.25, 0.3) is 0 Å². The Balaban J connectivity index is 2.63. The second-order valence-electron chi connectivity index (χ2n) is 4.93. The summed E-state index contributed by atoms with van der Waals surface area (Å²) in [6, 6.07) is 8.62. The number of likely N-dealkylation sites (N-methyl/N-ethyl adjacent to an activating group) is 1. The van der Waals surface area contributed by atoms with Crippen LogP contribution in [0.1, 0.15) is 38.0 Å². The number of hydrogen-bond acceptors (Lipinski definition) is 2. The third-order valence-electron chi connectivity index (χ3n) is 2.66. The van der Waals surface area contributed by atoms with Crippen molar-refractivity contribution in [2.45, 2.75) is 33.8 Å². The Morgan fingerprint density at radius 3 is 2.35 bits per heavy atom. The highest BCUT2D eigenvalue weighted by atomic mass is 16.5. The number of hydrogen-bond donors (Lipinski definition) is 1. The van der Waals surface area contributed by atoms with Crippen molar-refractivity contribution in [3.8, 4) is 0 Å². The molecule has 96 valence electrons. The lowest BCUT2D eigenvalue weighted by Gasteiger charge is -2.20. The van der Waals surface area contributed by atoms with Crippen LogP contribution in [0, 0.1) is 12.8 Å². The van der Waals surface area contributed by atoms with Gasteiger partial charge in [0.15, 0.2) is 0 Å². The van der Waals surface area contributed by atoms with E-state index in [9.17, 15) is 0 Å². The van der Waals surface area contributed by atoms with Gasteiger partial charge in [-0.05, 0) is 24.9 Å². The minimum Gasteiger partial charge on any atom is -0.372 e.